The molecule has 5 nitrogen and oxygen atoms in total. The van der Waals surface area contributed by atoms with Gasteiger partial charge in [-0.1, -0.05) is 21.1 Å². The number of nitrogens with zero attached hydrogens (tertiary/aromatic N) is 3. The van der Waals surface area contributed by atoms with Crippen LogP contribution in [0, 0.1) is 0 Å². The van der Waals surface area contributed by atoms with Crippen LogP contribution in [0.1, 0.15) is 26.5 Å². The Labute approximate surface area is 127 Å². The third-order valence-electron chi connectivity index (χ3n) is 2.81. The van der Waals surface area contributed by atoms with Crippen molar-refractivity contribution in [2.24, 2.45) is 0 Å². The zero-order valence-electron chi connectivity index (χ0n) is 12.1. The molecule has 1 heterocycles. The van der Waals surface area contributed by atoms with Crippen molar-refractivity contribution in [2.45, 2.75) is 32.9 Å². The molecule has 0 unspecified atom stereocenters. The molecular weight excluding hydrogens is 320 g/mol. The van der Waals surface area contributed by atoms with E-state index in [9.17, 15) is 0 Å². The minimum absolute atomic E-state index is 0.0513. The standard InChI is InChI=1S/C14H19BrN4O/c1-14(2,3)19-9-12(17-18-19)8-16-11-5-10(15)6-13(7-11)20-4/h5-7,9,16H,8H2,1-4H3. The number of nitrogens with one attached hydrogen (secondary N) is 1. The average molecular weight is 339 g/mol. The number of aromatic nitrogens is 3. The Morgan fingerprint density at radius 2 is 2.05 bits per heavy atom. The summed E-state index contributed by atoms with van der Waals surface area (Å²) in [5.74, 6) is 0.806. The smallest absolute Gasteiger partial charge is 0.122 e. The van der Waals surface area contributed by atoms with Gasteiger partial charge in [-0.25, -0.2) is 4.68 Å². The normalized spacial score (nSPS) is 11.4. The predicted molar refractivity (Wildman–Crippen MR) is 83.0 cm³/mol. The maximum Gasteiger partial charge on any atom is 0.122 e. The zero-order chi connectivity index (χ0) is 14.8. The molecule has 0 saturated heterocycles. The van der Waals surface area contributed by atoms with Crippen molar-refractivity contribution >= 4 is 21.6 Å². The molecule has 0 saturated carbocycles. The Morgan fingerprint density at radius 3 is 2.65 bits per heavy atom. The molecule has 1 aromatic heterocycles. The SMILES string of the molecule is COc1cc(Br)cc(NCc2cn(C(C)(C)C)nn2)c1. The second kappa shape index (κ2) is 5.83. The van der Waals surface area contributed by atoms with Gasteiger partial charge in [0.05, 0.1) is 25.4 Å². The minimum Gasteiger partial charge on any atom is -0.497 e. The molecule has 0 spiro atoms. The maximum atomic E-state index is 5.23. The first-order valence-corrected chi connectivity index (χ1v) is 7.18. The van der Waals surface area contributed by atoms with Gasteiger partial charge in [-0.15, -0.1) is 5.10 Å². The van der Waals surface area contributed by atoms with Crippen LogP contribution in [0.4, 0.5) is 5.69 Å². The van der Waals surface area contributed by atoms with Crippen molar-refractivity contribution in [3.63, 3.8) is 0 Å². The van der Waals surface area contributed by atoms with Crippen molar-refractivity contribution < 1.29 is 4.74 Å². The van der Waals surface area contributed by atoms with E-state index in [1.807, 2.05) is 29.1 Å². The first-order chi connectivity index (χ1) is 9.38. The lowest BCUT2D eigenvalue weighted by molar-refractivity contribution is 0.347. The summed E-state index contributed by atoms with van der Waals surface area (Å²) < 4.78 is 8.07. The molecule has 0 bridgehead atoms. The van der Waals surface area contributed by atoms with Crippen LogP contribution in [-0.2, 0) is 12.1 Å². The number of methoxy groups -OCH3 is 1. The van der Waals surface area contributed by atoms with Crippen molar-refractivity contribution in [2.75, 3.05) is 12.4 Å². The minimum atomic E-state index is -0.0513. The molecule has 0 amide bonds. The molecule has 20 heavy (non-hydrogen) atoms. The number of anilines is 1. The molecule has 2 rings (SSSR count). The predicted octanol–water partition coefficient (Wildman–Crippen LogP) is 3.42. The monoisotopic (exact) mass is 338 g/mol. The fourth-order valence-corrected chi connectivity index (χ4v) is 2.15. The second-order valence-corrected chi connectivity index (χ2v) is 6.47. The van der Waals surface area contributed by atoms with Gasteiger partial charge < -0.3 is 10.1 Å². The first-order valence-electron chi connectivity index (χ1n) is 6.38. The second-order valence-electron chi connectivity index (χ2n) is 5.56. The molecule has 0 fully saturated rings. The summed E-state index contributed by atoms with van der Waals surface area (Å²) in [6.45, 7) is 6.91. The van der Waals surface area contributed by atoms with Crippen LogP contribution in [-0.4, -0.2) is 22.1 Å². The fraction of sp³-hybridized carbons (Fsp3) is 0.429. The van der Waals surface area contributed by atoms with Crippen LogP contribution >= 0.6 is 15.9 Å². The summed E-state index contributed by atoms with van der Waals surface area (Å²) >= 11 is 3.46. The van der Waals surface area contributed by atoms with Gasteiger partial charge in [-0.3, -0.25) is 0 Å². The number of hydrogen-bond donors (Lipinski definition) is 1. The molecule has 6 heteroatoms. The lowest BCUT2D eigenvalue weighted by Gasteiger charge is -2.17. The van der Waals surface area contributed by atoms with E-state index in [0.29, 0.717) is 6.54 Å². The fourth-order valence-electron chi connectivity index (χ4n) is 1.68. The average Bonchev–Trinajstić information content (AvgIpc) is 2.84. The third kappa shape index (κ3) is 3.72. The number of halogens is 1. The van der Waals surface area contributed by atoms with E-state index in [2.05, 4.69) is 52.3 Å². The Hall–Kier alpha value is -1.56. The molecule has 1 N–H and O–H groups in total. The summed E-state index contributed by atoms with van der Waals surface area (Å²) in [5, 5.41) is 11.6. The lowest BCUT2D eigenvalue weighted by Crippen LogP contribution is -2.22. The van der Waals surface area contributed by atoms with E-state index in [-0.39, 0.29) is 5.54 Å². The molecule has 108 valence electrons. The maximum absolute atomic E-state index is 5.23. The first kappa shape index (κ1) is 14.8. The van der Waals surface area contributed by atoms with Crippen molar-refractivity contribution in [1.82, 2.24) is 15.0 Å². The molecule has 0 aliphatic heterocycles. The van der Waals surface area contributed by atoms with Crippen LogP contribution in [0.15, 0.2) is 28.9 Å². The molecule has 0 radical (unpaired) electrons. The van der Waals surface area contributed by atoms with Gasteiger partial charge in [0.15, 0.2) is 0 Å². The molecule has 0 aliphatic carbocycles. The molecule has 1 aromatic carbocycles. The van der Waals surface area contributed by atoms with Gasteiger partial charge in [-0.05, 0) is 32.9 Å². The Kier molecular flexibility index (Phi) is 4.32. The van der Waals surface area contributed by atoms with E-state index in [4.69, 9.17) is 4.74 Å². The van der Waals surface area contributed by atoms with Crippen LogP contribution in [0.5, 0.6) is 5.75 Å². The van der Waals surface area contributed by atoms with Crippen LogP contribution < -0.4 is 10.1 Å². The number of rotatable bonds is 4. The number of ether oxygens (including phenoxy) is 1. The number of hydrogen-bond acceptors (Lipinski definition) is 4. The third-order valence-corrected chi connectivity index (χ3v) is 3.27. The highest BCUT2D eigenvalue weighted by atomic mass is 79.9. The van der Waals surface area contributed by atoms with Gasteiger partial charge in [0, 0.05) is 16.2 Å². The van der Waals surface area contributed by atoms with Crippen LogP contribution in [0.3, 0.4) is 0 Å². The zero-order valence-corrected chi connectivity index (χ0v) is 13.7. The summed E-state index contributed by atoms with van der Waals surface area (Å²) in [5.41, 5.74) is 1.82. The van der Waals surface area contributed by atoms with Gasteiger partial charge in [-0.2, -0.15) is 0 Å². The van der Waals surface area contributed by atoms with Crippen molar-refractivity contribution in [3.05, 3.63) is 34.6 Å². The van der Waals surface area contributed by atoms with Gasteiger partial charge >= 0.3 is 0 Å². The molecule has 0 aliphatic rings. The molecule has 0 atom stereocenters. The number of benzene rings is 1. The summed E-state index contributed by atoms with van der Waals surface area (Å²) in [6.07, 6.45) is 1.96. The highest BCUT2D eigenvalue weighted by Crippen LogP contribution is 2.24. The summed E-state index contributed by atoms with van der Waals surface area (Å²) in [6, 6.07) is 5.86. The lowest BCUT2D eigenvalue weighted by atomic mass is 10.1. The van der Waals surface area contributed by atoms with E-state index < -0.39 is 0 Å². The van der Waals surface area contributed by atoms with E-state index in [0.717, 1.165) is 21.6 Å². The van der Waals surface area contributed by atoms with Gasteiger partial charge in [0.1, 0.15) is 11.4 Å². The van der Waals surface area contributed by atoms with Crippen LogP contribution in [0.25, 0.3) is 0 Å². The highest BCUT2D eigenvalue weighted by molar-refractivity contribution is 9.10. The van der Waals surface area contributed by atoms with Gasteiger partial charge in [0.2, 0.25) is 0 Å². The van der Waals surface area contributed by atoms with Crippen molar-refractivity contribution in [1.29, 1.82) is 0 Å². The van der Waals surface area contributed by atoms with Crippen LogP contribution in [0.2, 0.25) is 0 Å². The summed E-state index contributed by atoms with van der Waals surface area (Å²) in [7, 11) is 1.65. The van der Waals surface area contributed by atoms with Gasteiger partial charge in [0.25, 0.3) is 0 Å². The Morgan fingerprint density at radius 1 is 1.30 bits per heavy atom. The molecular formula is C14H19BrN4O. The largest absolute Gasteiger partial charge is 0.497 e. The molecule has 2 aromatic rings. The van der Waals surface area contributed by atoms with E-state index in [1.165, 1.54) is 0 Å². The van der Waals surface area contributed by atoms with E-state index >= 15 is 0 Å². The highest BCUT2D eigenvalue weighted by Gasteiger charge is 2.14. The summed E-state index contributed by atoms with van der Waals surface area (Å²) in [4.78, 5) is 0. The van der Waals surface area contributed by atoms with E-state index in [1.54, 1.807) is 7.11 Å². The quantitative estimate of drug-likeness (QED) is 0.927. The Balaban J connectivity index is 2.05. The Bertz CT molecular complexity index is 589. The topological polar surface area (TPSA) is 52.0 Å². The van der Waals surface area contributed by atoms with Crippen molar-refractivity contribution in [3.8, 4) is 5.75 Å².